The van der Waals surface area contributed by atoms with Crippen molar-refractivity contribution in [3.63, 3.8) is 0 Å². The lowest BCUT2D eigenvalue weighted by Gasteiger charge is -2.28. The van der Waals surface area contributed by atoms with Gasteiger partial charge in [-0.1, -0.05) is 6.92 Å². The van der Waals surface area contributed by atoms with Gasteiger partial charge in [0.2, 0.25) is 0 Å². The fourth-order valence-electron chi connectivity index (χ4n) is 2.84. The maximum absolute atomic E-state index is 13.9. The summed E-state index contributed by atoms with van der Waals surface area (Å²) in [5, 5.41) is 9.51. The fourth-order valence-corrected chi connectivity index (χ4v) is 2.84. The van der Waals surface area contributed by atoms with Gasteiger partial charge in [0.1, 0.15) is 11.3 Å². The number of nitrogens with zero attached hydrogens (tertiary/aromatic N) is 2. The summed E-state index contributed by atoms with van der Waals surface area (Å²) in [5.74, 6) is -2.80. The molecule has 1 aromatic heterocycles. The van der Waals surface area contributed by atoms with E-state index in [0.29, 0.717) is 24.2 Å². The van der Waals surface area contributed by atoms with Crippen LogP contribution in [0.25, 0.3) is 10.9 Å². The van der Waals surface area contributed by atoms with Crippen LogP contribution < -0.4 is 0 Å². The summed E-state index contributed by atoms with van der Waals surface area (Å²) in [6.45, 7) is 3.96. The molecule has 0 aliphatic carbocycles. The van der Waals surface area contributed by atoms with Gasteiger partial charge in [0, 0.05) is 42.2 Å². The van der Waals surface area contributed by atoms with Gasteiger partial charge in [0.05, 0.1) is 5.56 Å². The van der Waals surface area contributed by atoms with Crippen molar-refractivity contribution in [1.82, 2.24) is 9.88 Å². The molecule has 4 nitrogen and oxygen atoms in total. The van der Waals surface area contributed by atoms with Gasteiger partial charge in [-0.3, -0.25) is 4.90 Å². The lowest BCUT2D eigenvalue weighted by molar-refractivity contribution is 0.0695. The van der Waals surface area contributed by atoms with Crippen LogP contribution in [-0.2, 0) is 13.0 Å². The van der Waals surface area contributed by atoms with Gasteiger partial charge >= 0.3 is 5.97 Å². The first-order valence-corrected chi connectivity index (χ1v) is 6.77. The highest BCUT2D eigenvalue weighted by Gasteiger charge is 2.26. The summed E-state index contributed by atoms with van der Waals surface area (Å²) in [6.07, 6.45) is 0.566. The van der Waals surface area contributed by atoms with Crippen LogP contribution in [0.3, 0.4) is 0 Å². The Balaban J connectivity index is 2.35. The van der Waals surface area contributed by atoms with E-state index >= 15 is 0 Å². The number of carboxylic acids is 1. The summed E-state index contributed by atoms with van der Waals surface area (Å²) < 4.78 is 27.3. The van der Waals surface area contributed by atoms with E-state index in [1.165, 1.54) is 0 Å². The summed E-state index contributed by atoms with van der Waals surface area (Å²) in [4.78, 5) is 17.9. The molecule has 3 rings (SSSR count). The van der Waals surface area contributed by atoms with E-state index in [1.807, 2.05) is 6.92 Å². The van der Waals surface area contributed by atoms with Crippen LogP contribution in [-0.4, -0.2) is 34.0 Å². The summed E-state index contributed by atoms with van der Waals surface area (Å²) in [6, 6.07) is 1.77. The zero-order valence-corrected chi connectivity index (χ0v) is 11.5. The lowest BCUT2D eigenvalue weighted by Crippen LogP contribution is -2.32. The number of carboxylic acid groups (broad SMARTS) is 1. The van der Waals surface area contributed by atoms with Crippen molar-refractivity contribution in [3.05, 3.63) is 40.6 Å². The molecular weight excluding hydrogens is 278 g/mol. The smallest absolute Gasteiger partial charge is 0.336 e. The summed E-state index contributed by atoms with van der Waals surface area (Å²) in [7, 11) is 0. The van der Waals surface area contributed by atoms with Crippen molar-refractivity contribution in [2.45, 2.75) is 19.9 Å². The predicted octanol–water partition coefficient (Wildman–Crippen LogP) is 2.59. The lowest BCUT2D eigenvalue weighted by atomic mass is 9.95. The standard InChI is InChI=1S/C15H14F2N2O2/c1-2-19-4-3-12-10(7-19)13(15(20)21)9-5-8(16)6-11(17)14(9)18-12/h5-6H,2-4,7H2,1H3,(H,20,21). The number of aromatic nitrogens is 1. The van der Waals surface area contributed by atoms with Gasteiger partial charge in [-0.15, -0.1) is 0 Å². The molecule has 0 saturated heterocycles. The van der Waals surface area contributed by atoms with Gasteiger partial charge < -0.3 is 5.11 Å². The quantitative estimate of drug-likeness (QED) is 0.924. The molecule has 1 aliphatic heterocycles. The number of fused-ring (bicyclic) bond motifs is 2. The fraction of sp³-hybridized carbons (Fsp3) is 0.333. The van der Waals surface area contributed by atoms with Crippen LogP contribution in [0.2, 0.25) is 0 Å². The molecule has 0 saturated carbocycles. The molecule has 0 unspecified atom stereocenters. The van der Waals surface area contributed by atoms with Gasteiger partial charge in [0.15, 0.2) is 5.82 Å². The third kappa shape index (κ3) is 2.25. The predicted molar refractivity (Wildman–Crippen MR) is 73.3 cm³/mol. The Morgan fingerprint density at radius 1 is 1.43 bits per heavy atom. The van der Waals surface area contributed by atoms with E-state index < -0.39 is 17.6 Å². The highest BCUT2D eigenvalue weighted by atomic mass is 19.1. The molecule has 0 fully saturated rings. The van der Waals surface area contributed by atoms with Crippen molar-refractivity contribution in [2.75, 3.05) is 13.1 Å². The van der Waals surface area contributed by atoms with Crippen molar-refractivity contribution < 1.29 is 18.7 Å². The average molecular weight is 292 g/mol. The van der Waals surface area contributed by atoms with Crippen LogP contribution in [0.15, 0.2) is 12.1 Å². The minimum atomic E-state index is -1.18. The van der Waals surface area contributed by atoms with Crippen LogP contribution in [0.4, 0.5) is 8.78 Å². The van der Waals surface area contributed by atoms with Crippen molar-refractivity contribution in [3.8, 4) is 0 Å². The van der Waals surface area contributed by atoms with E-state index in [2.05, 4.69) is 9.88 Å². The third-order valence-corrected chi connectivity index (χ3v) is 3.90. The van der Waals surface area contributed by atoms with Gasteiger partial charge in [-0.2, -0.15) is 0 Å². The number of rotatable bonds is 2. The molecule has 1 N–H and O–H groups in total. The second-order valence-corrected chi connectivity index (χ2v) is 5.12. The molecule has 0 amide bonds. The minimum Gasteiger partial charge on any atom is -0.478 e. The van der Waals surface area contributed by atoms with Crippen molar-refractivity contribution in [1.29, 1.82) is 0 Å². The van der Waals surface area contributed by atoms with Crippen LogP contribution in [0.1, 0.15) is 28.5 Å². The summed E-state index contributed by atoms with van der Waals surface area (Å²) in [5.41, 5.74) is 1.05. The zero-order valence-electron chi connectivity index (χ0n) is 11.5. The molecule has 0 atom stereocenters. The van der Waals surface area contributed by atoms with E-state index in [4.69, 9.17) is 0 Å². The van der Waals surface area contributed by atoms with E-state index in [0.717, 1.165) is 25.2 Å². The number of aromatic carboxylic acids is 1. The number of hydrogen-bond donors (Lipinski definition) is 1. The topological polar surface area (TPSA) is 53.4 Å². The Kier molecular flexibility index (Phi) is 3.33. The van der Waals surface area contributed by atoms with E-state index in [1.54, 1.807) is 0 Å². The zero-order chi connectivity index (χ0) is 15.1. The Morgan fingerprint density at radius 3 is 2.86 bits per heavy atom. The first-order valence-electron chi connectivity index (χ1n) is 6.77. The second-order valence-electron chi connectivity index (χ2n) is 5.12. The molecule has 0 bridgehead atoms. The monoisotopic (exact) mass is 292 g/mol. The molecule has 2 aromatic rings. The van der Waals surface area contributed by atoms with Gasteiger partial charge in [-0.05, 0) is 12.6 Å². The molecular formula is C15H14F2N2O2. The SMILES string of the molecule is CCN1CCc2nc3c(F)cc(F)cc3c(C(=O)O)c2C1. The normalized spacial score (nSPS) is 15.2. The van der Waals surface area contributed by atoms with Crippen LogP contribution in [0.5, 0.6) is 0 Å². The number of carbonyl (C=O) groups is 1. The molecule has 2 heterocycles. The Hall–Kier alpha value is -2.08. The molecule has 1 aromatic carbocycles. The molecule has 110 valence electrons. The number of benzene rings is 1. The first-order chi connectivity index (χ1) is 10.0. The molecule has 0 spiro atoms. The minimum absolute atomic E-state index is 0.0247. The maximum Gasteiger partial charge on any atom is 0.336 e. The maximum atomic E-state index is 13.9. The first kappa shape index (κ1) is 13.9. The second kappa shape index (κ2) is 5.04. The van der Waals surface area contributed by atoms with Crippen LogP contribution in [0, 0.1) is 11.6 Å². The number of halogens is 2. The van der Waals surface area contributed by atoms with E-state index in [-0.39, 0.29) is 16.5 Å². The molecule has 21 heavy (non-hydrogen) atoms. The molecule has 6 heteroatoms. The van der Waals surface area contributed by atoms with Gasteiger partial charge in [-0.25, -0.2) is 18.6 Å². The summed E-state index contributed by atoms with van der Waals surface area (Å²) >= 11 is 0. The highest BCUT2D eigenvalue weighted by molar-refractivity contribution is 6.04. The van der Waals surface area contributed by atoms with Crippen molar-refractivity contribution >= 4 is 16.9 Å². The Labute approximate surface area is 120 Å². The average Bonchev–Trinajstić information content (AvgIpc) is 2.44. The van der Waals surface area contributed by atoms with Crippen LogP contribution >= 0.6 is 0 Å². The van der Waals surface area contributed by atoms with Crippen molar-refractivity contribution in [2.24, 2.45) is 0 Å². The third-order valence-electron chi connectivity index (χ3n) is 3.90. The van der Waals surface area contributed by atoms with Gasteiger partial charge in [0.25, 0.3) is 0 Å². The Bertz CT molecular complexity index is 746. The number of hydrogen-bond acceptors (Lipinski definition) is 3. The van der Waals surface area contributed by atoms with E-state index in [9.17, 15) is 18.7 Å². The highest BCUT2D eigenvalue weighted by Crippen LogP contribution is 2.30. The largest absolute Gasteiger partial charge is 0.478 e. The number of likely N-dealkylation sites (N-methyl/N-ethyl adjacent to an activating group) is 1. The molecule has 0 radical (unpaired) electrons. The number of pyridine rings is 1. The Morgan fingerprint density at radius 2 is 2.19 bits per heavy atom. The molecule has 1 aliphatic rings.